The van der Waals surface area contributed by atoms with Gasteiger partial charge in [-0.1, -0.05) is 0 Å². The second-order valence-electron chi connectivity index (χ2n) is 3.44. The van der Waals surface area contributed by atoms with Crippen LogP contribution in [-0.4, -0.2) is 30.1 Å². The average Bonchev–Trinajstić information content (AvgIpc) is 2.38. The maximum atomic E-state index is 11.3. The van der Waals surface area contributed by atoms with Crippen molar-refractivity contribution in [2.45, 2.75) is 6.42 Å². The van der Waals surface area contributed by atoms with Gasteiger partial charge in [0, 0.05) is 0 Å². The predicted octanol–water partition coefficient (Wildman–Crippen LogP) is 1.02. The third-order valence-electron chi connectivity index (χ3n) is 2.18. The van der Waals surface area contributed by atoms with E-state index in [2.05, 4.69) is 10.1 Å². The van der Waals surface area contributed by atoms with Crippen LogP contribution in [0.4, 0.5) is 5.69 Å². The Balaban J connectivity index is 3.12. The third kappa shape index (κ3) is 3.54. The van der Waals surface area contributed by atoms with Crippen LogP contribution in [-0.2, 0) is 9.53 Å². The van der Waals surface area contributed by atoms with E-state index in [1.165, 1.54) is 19.2 Å². The molecule has 2 N–H and O–H groups in total. The van der Waals surface area contributed by atoms with E-state index < -0.39 is 24.3 Å². The van der Waals surface area contributed by atoms with Crippen molar-refractivity contribution in [3.05, 3.63) is 29.3 Å². The Labute approximate surface area is 108 Å². The number of amides is 1. The molecule has 0 spiro atoms. The molecule has 0 aromatic heterocycles. The lowest BCUT2D eigenvalue weighted by atomic mass is 10.1. The fraction of sp³-hybridized carbons (Fsp3) is 0.167. The predicted molar refractivity (Wildman–Crippen MR) is 63.6 cm³/mol. The monoisotopic (exact) mass is 262 g/mol. The largest absolute Gasteiger partial charge is 0.478 e. The molecule has 1 amide bonds. The molecule has 0 unspecified atom stereocenters. The molecule has 1 aromatic rings. The van der Waals surface area contributed by atoms with Crippen LogP contribution in [0, 0.1) is 11.3 Å². The zero-order valence-corrected chi connectivity index (χ0v) is 9.97. The van der Waals surface area contributed by atoms with Crippen LogP contribution < -0.4 is 5.32 Å². The van der Waals surface area contributed by atoms with Crippen molar-refractivity contribution in [3.8, 4) is 6.07 Å². The number of carbonyl (C=O) groups excluding carboxylic acids is 2. The number of carboxylic acids is 1. The molecule has 98 valence electrons. The highest BCUT2D eigenvalue weighted by molar-refractivity contribution is 6.03. The van der Waals surface area contributed by atoms with Crippen LogP contribution in [0.1, 0.15) is 27.1 Å². The molecule has 0 aliphatic rings. The van der Waals surface area contributed by atoms with Crippen molar-refractivity contribution in [1.29, 1.82) is 5.26 Å². The summed E-state index contributed by atoms with van der Waals surface area (Å²) >= 11 is 0. The van der Waals surface area contributed by atoms with Crippen LogP contribution in [0.5, 0.6) is 0 Å². The fourth-order valence-corrected chi connectivity index (χ4v) is 1.34. The number of anilines is 1. The SMILES string of the molecule is COC(=O)c1ccc(NC(=O)CC#N)c(C(=O)O)c1. The summed E-state index contributed by atoms with van der Waals surface area (Å²) < 4.78 is 4.47. The minimum Gasteiger partial charge on any atom is -0.478 e. The summed E-state index contributed by atoms with van der Waals surface area (Å²) in [6, 6.07) is 5.32. The standard InChI is InChI=1S/C12H10N2O5/c1-19-12(18)7-2-3-9(8(6-7)11(16)17)14-10(15)4-5-13/h2-3,6H,4H2,1H3,(H,14,15)(H,16,17). The summed E-state index contributed by atoms with van der Waals surface area (Å²) in [5.74, 6) is -2.62. The van der Waals surface area contributed by atoms with E-state index in [9.17, 15) is 14.4 Å². The Kier molecular flexibility index (Phi) is 4.60. The number of ether oxygens (including phenoxy) is 1. The number of nitrogens with one attached hydrogen (secondary N) is 1. The number of benzene rings is 1. The van der Waals surface area contributed by atoms with Gasteiger partial charge in [-0.05, 0) is 18.2 Å². The Bertz CT molecular complexity index is 574. The van der Waals surface area contributed by atoms with Crippen molar-refractivity contribution in [3.63, 3.8) is 0 Å². The molecule has 19 heavy (non-hydrogen) atoms. The molecule has 7 nitrogen and oxygen atoms in total. The fourth-order valence-electron chi connectivity index (χ4n) is 1.34. The van der Waals surface area contributed by atoms with Crippen molar-refractivity contribution in [2.75, 3.05) is 12.4 Å². The molecule has 0 radical (unpaired) electrons. The molecule has 1 aromatic carbocycles. The van der Waals surface area contributed by atoms with Gasteiger partial charge in [-0.3, -0.25) is 4.79 Å². The lowest BCUT2D eigenvalue weighted by Crippen LogP contribution is -2.14. The first-order valence-electron chi connectivity index (χ1n) is 5.12. The number of carboxylic acid groups (broad SMARTS) is 1. The summed E-state index contributed by atoms with van der Waals surface area (Å²) in [6.07, 6.45) is -0.391. The first kappa shape index (κ1) is 14.2. The number of carbonyl (C=O) groups is 3. The van der Waals surface area contributed by atoms with Gasteiger partial charge in [0.25, 0.3) is 0 Å². The van der Waals surface area contributed by atoms with Crippen LogP contribution >= 0.6 is 0 Å². The molecule has 0 aliphatic heterocycles. The number of hydrogen-bond acceptors (Lipinski definition) is 5. The first-order valence-corrected chi connectivity index (χ1v) is 5.12. The zero-order valence-electron chi connectivity index (χ0n) is 9.97. The highest BCUT2D eigenvalue weighted by atomic mass is 16.5. The third-order valence-corrected chi connectivity index (χ3v) is 2.18. The summed E-state index contributed by atoms with van der Waals surface area (Å²) in [7, 11) is 1.17. The quantitative estimate of drug-likeness (QED) is 0.782. The normalized spacial score (nSPS) is 9.26. The van der Waals surface area contributed by atoms with E-state index in [4.69, 9.17) is 10.4 Å². The smallest absolute Gasteiger partial charge is 0.337 e. The maximum absolute atomic E-state index is 11.3. The van der Waals surface area contributed by atoms with Crippen molar-refractivity contribution in [1.82, 2.24) is 0 Å². The van der Waals surface area contributed by atoms with Crippen LogP contribution in [0.15, 0.2) is 18.2 Å². The summed E-state index contributed by atoms with van der Waals surface area (Å²) in [6.45, 7) is 0. The van der Waals surface area contributed by atoms with Gasteiger partial charge >= 0.3 is 11.9 Å². The van der Waals surface area contributed by atoms with Gasteiger partial charge < -0.3 is 15.2 Å². The van der Waals surface area contributed by atoms with E-state index in [1.54, 1.807) is 6.07 Å². The van der Waals surface area contributed by atoms with Gasteiger partial charge in [-0.15, -0.1) is 0 Å². The lowest BCUT2D eigenvalue weighted by Gasteiger charge is -2.08. The average molecular weight is 262 g/mol. The van der Waals surface area contributed by atoms with Gasteiger partial charge in [0.15, 0.2) is 0 Å². The molecule has 7 heteroatoms. The number of nitrogens with zero attached hydrogens (tertiary/aromatic N) is 1. The van der Waals surface area contributed by atoms with Crippen molar-refractivity contribution < 1.29 is 24.2 Å². The molecule has 0 saturated heterocycles. The Morgan fingerprint density at radius 2 is 2.11 bits per heavy atom. The van der Waals surface area contributed by atoms with Crippen molar-refractivity contribution in [2.24, 2.45) is 0 Å². The molecule has 0 bridgehead atoms. The van der Waals surface area contributed by atoms with Crippen molar-refractivity contribution >= 4 is 23.5 Å². The second kappa shape index (κ2) is 6.16. The van der Waals surface area contributed by atoms with E-state index >= 15 is 0 Å². The summed E-state index contributed by atoms with van der Waals surface area (Å²) in [4.78, 5) is 33.6. The molecule has 0 fully saturated rings. The molecular weight excluding hydrogens is 252 g/mol. The van der Waals surface area contributed by atoms with Crippen LogP contribution in [0.3, 0.4) is 0 Å². The number of nitriles is 1. The van der Waals surface area contributed by atoms with Gasteiger partial charge in [-0.2, -0.15) is 5.26 Å². The van der Waals surface area contributed by atoms with Crippen LogP contribution in [0.2, 0.25) is 0 Å². The topological polar surface area (TPSA) is 116 Å². The zero-order chi connectivity index (χ0) is 14.4. The first-order chi connectivity index (χ1) is 8.99. The number of esters is 1. The van der Waals surface area contributed by atoms with Crippen LogP contribution in [0.25, 0.3) is 0 Å². The number of methoxy groups -OCH3 is 1. The molecule has 0 heterocycles. The van der Waals surface area contributed by atoms with Gasteiger partial charge in [-0.25, -0.2) is 9.59 Å². The Hall–Kier alpha value is -2.88. The van der Waals surface area contributed by atoms with E-state index in [0.29, 0.717) is 0 Å². The van der Waals surface area contributed by atoms with E-state index in [0.717, 1.165) is 6.07 Å². The summed E-state index contributed by atoms with van der Waals surface area (Å²) in [5, 5.41) is 19.7. The number of aromatic carboxylic acids is 1. The van der Waals surface area contributed by atoms with Gasteiger partial charge in [0.2, 0.25) is 5.91 Å². The second-order valence-corrected chi connectivity index (χ2v) is 3.44. The molecule has 0 aliphatic carbocycles. The number of rotatable bonds is 4. The number of hydrogen-bond donors (Lipinski definition) is 2. The molecule has 1 rings (SSSR count). The minimum absolute atomic E-state index is 0.0143. The minimum atomic E-state index is -1.31. The summed E-state index contributed by atoms with van der Waals surface area (Å²) in [5.41, 5.74) is -0.187. The Morgan fingerprint density at radius 3 is 2.63 bits per heavy atom. The Morgan fingerprint density at radius 1 is 1.42 bits per heavy atom. The maximum Gasteiger partial charge on any atom is 0.337 e. The van der Waals surface area contributed by atoms with Gasteiger partial charge in [0.05, 0.1) is 30.0 Å². The molecule has 0 atom stereocenters. The van der Waals surface area contributed by atoms with E-state index in [-0.39, 0.29) is 16.8 Å². The highest BCUT2D eigenvalue weighted by Gasteiger charge is 2.16. The van der Waals surface area contributed by atoms with Gasteiger partial charge in [0.1, 0.15) is 6.42 Å². The lowest BCUT2D eigenvalue weighted by molar-refractivity contribution is -0.115. The molecule has 0 saturated carbocycles. The highest BCUT2D eigenvalue weighted by Crippen LogP contribution is 2.18. The molecular formula is C12H10N2O5. The van der Waals surface area contributed by atoms with E-state index in [1.807, 2.05) is 0 Å².